The molecule has 22 heavy (non-hydrogen) atoms. The first-order valence-electron chi connectivity index (χ1n) is 7.73. The van der Waals surface area contributed by atoms with Gasteiger partial charge in [-0.25, -0.2) is 4.79 Å². The van der Waals surface area contributed by atoms with Crippen molar-refractivity contribution >= 4 is 17.6 Å². The van der Waals surface area contributed by atoms with E-state index in [0.29, 0.717) is 18.7 Å². The number of carbonyl (C=O) groups excluding carboxylic acids is 2. The Morgan fingerprint density at radius 2 is 2.18 bits per heavy atom. The van der Waals surface area contributed by atoms with Gasteiger partial charge < -0.3 is 15.4 Å². The van der Waals surface area contributed by atoms with Crippen LogP contribution >= 0.6 is 0 Å². The summed E-state index contributed by atoms with van der Waals surface area (Å²) in [5.41, 5.74) is 1.40. The van der Waals surface area contributed by atoms with Gasteiger partial charge in [0.25, 0.3) is 5.91 Å². The van der Waals surface area contributed by atoms with Gasteiger partial charge in [-0.3, -0.25) is 9.69 Å². The van der Waals surface area contributed by atoms with Gasteiger partial charge in [-0.2, -0.15) is 0 Å². The van der Waals surface area contributed by atoms with E-state index in [1.165, 1.54) is 0 Å². The summed E-state index contributed by atoms with van der Waals surface area (Å²) in [5, 5.41) is 5.74. The van der Waals surface area contributed by atoms with Crippen LogP contribution < -0.4 is 15.5 Å². The molecule has 2 aliphatic heterocycles. The van der Waals surface area contributed by atoms with Gasteiger partial charge in [-0.1, -0.05) is 0 Å². The average Bonchev–Trinajstić information content (AvgIpc) is 3.18. The first kappa shape index (κ1) is 14.8. The number of nitrogens with one attached hydrogen (secondary N) is 2. The quantitative estimate of drug-likeness (QED) is 0.886. The molecular weight excluding hydrogens is 282 g/mol. The van der Waals surface area contributed by atoms with E-state index >= 15 is 0 Å². The van der Waals surface area contributed by atoms with Gasteiger partial charge in [0.1, 0.15) is 0 Å². The van der Waals surface area contributed by atoms with Gasteiger partial charge in [0.05, 0.1) is 12.1 Å². The highest BCUT2D eigenvalue weighted by Gasteiger charge is 2.24. The Bertz CT molecular complexity index is 552. The number of hydrogen-bond donors (Lipinski definition) is 2. The van der Waals surface area contributed by atoms with Crippen LogP contribution in [-0.4, -0.2) is 43.8 Å². The lowest BCUT2D eigenvalue weighted by Crippen LogP contribution is -2.40. The lowest BCUT2D eigenvalue weighted by molar-refractivity contribution is 0.0712. The fraction of sp³-hybridized carbons (Fsp3) is 0.500. The summed E-state index contributed by atoms with van der Waals surface area (Å²) < 4.78 is 5.58. The minimum absolute atomic E-state index is 0.000892. The second-order valence-electron chi connectivity index (χ2n) is 5.74. The number of amides is 3. The molecule has 2 aliphatic rings. The van der Waals surface area contributed by atoms with Crippen molar-refractivity contribution in [3.8, 4) is 0 Å². The number of carbonyl (C=O) groups is 2. The molecule has 2 saturated heterocycles. The van der Waals surface area contributed by atoms with Gasteiger partial charge in [0, 0.05) is 30.9 Å². The van der Waals surface area contributed by atoms with Crippen LogP contribution in [0.25, 0.3) is 0 Å². The van der Waals surface area contributed by atoms with Crippen molar-refractivity contribution in [2.24, 2.45) is 0 Å². The monoisotopic (exact) mass is 303 g/mol. The third kappa shape index (κ3) is 3.06. The minimum atomic E-state index is -0.111. The summed E-state index contributed by atoms with van der Waals surface area (Å²) in [7, 11) is 0. The molecule has 2 N–H and O–H groups in total. The van der Waals surface area contributed by atoms with Gasteiger partial charge in [0.15, 0.2) is 0 Å². The highest BCUT2D eigenvalue weighted by Crippen LogP contribution is 2.18. The SMILES string of the molecule is C[C@@H](NC(=O)c1ccc(N2CCNC2=O)cc1)[C@@H]1CCCO1. The third-order valence-corrected chi connectivity index (χ3v) is 4.18. The molecule has 0 bridgehead atoms. The maximum absolute atomic E-state index is 12.2. The molecule has 6 nitrogen and oxygen atoms in total. The van der Waals surface area contributed by atoms with Crippen molar-refractivity contribution in [2.75, 3.05) is 24.6 Å². The molecule has 3 amide bonds. The zero-order valence-corrected chi connectivity index (χ0v) is 12.7. The summed E-state index contributed by atoms with van der Waals surface area (Å²) >= 11 is 0. The topological polar surface area (TPSA) is 70.7 Å². The Labute approximate surface area is 129 Å². The van der Waals surface area contributed by atoms with Crippen molar-refractivity contribution < 1.29 is 14.3 Å². The van der Waals surface area contributed by atoms with E-state index in [2.05, 4.69) is 10.6 Å². The van der Waals surface area contributed by atoms with Crippen LogP contribution in [0.15, 0.2) is 24.3 Å². The fourth-order valence-corrected chi connectivity index (χ4v) is 2.89. The minimum Gasteiger partial charge on any atom is -0.376 e. The Morgan fingerprint density at radius 3 is 2.77 bits per heavy atom. The smallest absolute Gasteiger partial charge is 0.321 e. The predicted molar refractivity (Wildman–Crippen MR) is 83.1 cm³/mol. The van der Waals surface area contributed by atoms with E-state index < -0.39 is 0 Å². The van der Waals surface area contributed by atoms with Crippen LogP contribution in [0.4, 0.5) is 10.5 Å². The Balaban J connectivity index is 1.62. The summed E-state index contributed by atoms with van der Waals surface area (Å²) in [6.45, 7) is 4.05. The van der Waals surface area contributed by atoms with Gasteiger partial charge in [-0.05, 0) is 44.0 Å². The molecule has 0 aromatic heterocycles. The van der Waals surface area contributed by atoms with E-state index in [1.54, 1.807) is 29.2 Å². The van der Waals surface area contributed by atoms with E-state index in [-0.39, 0.29) is 24.1 Å². The van der Waals surface area contributed by atoms with Gasteiger partial charge in [-0.15, -0.1) is 0 Å². The van der Waals surface area contributed by atoms with E-state index in [4.69, 9.17) is 4.74 Å². The Kier molecular flexibility index (Phi) is 4.29. The lowest BCUT2D eigenvalue weighted by Gasteiger charge is -2.20. The van der Waals surface area contributed by atoms with E-state index in [9.17, 15) is 9.59 Å². The largest absolute Gasteiger partial charge is 0.376 e. The fourth-order valence-electron chi connectivity index (χ4n) is 2.89. The first-order chi connectivity index (χ1) is 10.6. The third-order valence-electron chi connectivity index (χ3n) is 4.18. The van der Waals surface area contributed by atoms with Gasteiger partial charge in [0.2, 0.25) is 0 Å². The van der Waals surface area contributed by atoms with Gasteiger partial charge >= 0.3 is 6.03 Å². The summed E-state index contributed by atoms with van der Waals surface area (Å²) in [5.74, 6) is -0.111. The molecule has 0 radical (unpaired) electrons. The number of hydrogen-bond acceptors (Lipinski definition) is 3. The highest BCUT2D eigenvalue weighted by molar-refractivity contribution is 5.97. The van der Waals surface area contributed by atoms with Crippen molar-refractivity contribution in [3.63, 3.8) is 0 Å². The van der Waals surface area contributed by atoms with Crippen LogP contribution in [0.3, 0.4) is 0 Å². The number of nitrogens with zero attached hydrogens (tertiary/aromatic N) is 1. The molecule has 6 heteroatoms. The molecule has 1 aromatic rings. The van der Waals surface area contributed by atoms with Crippen LogP contribution in [0.1, 0.15) is 30.1 Å². The Morgan fingerprint density at radius 1 is 1.41 bits per heavy atom. The standard InChI is InChI=1S/C16H21N3O3/c1-11(14-3-2-10-22-14)18-15(20)12-4-6-13(7-5-12)19-9-8-17-16(19)21/h4-7,11,14H,2-3,8-10H2,1H3,(H,17,21)(H,18,20)/t11-,14+/m1/s1. The summed E-state index contributed by atoms with van der Waals surface area (Å²) in [4.78, 5) is 25.5. The average molecular weight is 303 g/mol. The predicted octanol–water partition coefficient (Wildman–Crippen LogP) is 1.51. The van der Waals surface area contributed by atoms with Crippen LogP contribution in [0, 0.1) is 0 Å². The summed E-state index contributed by atoms with van der Waals surface area (Å²) in [6.07, 6.45) is 2.15. The van der Waals surface area contributed by atoms with Crippen molar-refractivity contribution in [1.82, 2.24) is 10.6 Å². The van der Waals surface area contributed by atoms with Crippen LogP contribution in [-0.2, 0) is 4.74 Å². The van der Waals surface area contributed by atoms with E-state index in [0.717, 1.165) is 25.1 Å². The van der Waals surface area contributed by atoms with Crippen molar-refractivity contribution in [1.29, 1.82) is 0 Å². The summed E-state index contributed by atoms with van der Waals surface area (Å²) in [6, 6.07) is 7.01. The molecule has 1 aromatic carbocycles. The maximum atomic E-state index is 12.2. The molecular formula is C16H21N3O3. The van der Waals surface area contributed by atoms with Crippen LogP contribution in [0.2, 0.25) is 0 Å². The molecule has 0 aliphatic carbocycles. The molecule has 0 saturated carbocycles. The molecule has 2 heterocycles. The Hall–Kier alpha value is -2.08. The lowest BCUT2D eigenvalue weighted by atomic mass is 10.1. The molecule has 3 rings (SSSR count). The first-order valence-corrected chi connectivity index (χ1v) is 7.73. The molecule has 0 spiro atoms. The second-order valence-corrected chi connectivity index (χ2v) is 5.74. The van der Waals surface area contributed by atoms with E-state index in [1.807, 2.05) is 6.92 Å². The molecule has 0 unspecified atom stereocenters. The highest BCUT2D eigenvalue weighted by atomic mass is 16.5. The van der Waals surface area contributed by atoms with Crippen LogP contribution in [0.5, 0.6) is 0 Å². The van der Waals surface area contributed by atoms with Crippen molar-refractivity contribution in [3.05, 3.63) is 29.8 Å². The number of benzene rings is 1. The number of rotatable bonds is 4. The molecule has 2 fully saturated rings. The second kappa shape index (κ2) is 6.36. The normalized spacial score (nSPS) is 22.5. The van der Waals surface area contributed by atoms with Crippen molar-refractivity contribution in [2.45, 2.75) is 31.9 Å². The number of anilines is 1. The molecule has 2 atom stereocenters. The number of ether oxygens (including phenoxy) is 1. The zero-order chi connectivity index (χ0) is 15.5. The maximum Gasteiger partial charge on any atom is 0.321 e. The number of urea groups is 1. The molecule has 118 valence electrons. The zero-order valence-electron chi connectivity index (χ0n) is 12.7.